The third-order valence-electron chi connectivity index (χ3n) is 1.80. The van der Waals surface area contributed by atoms with Crippen LogP contribution in [0.1, 0.15) is 14.8 Å². The third kappa shape index (κ3) is 3.40. The summed E-state index contributed by atoms with van der Waals surface area (Å²) in [7, 11) is 0. The normalized spacial score (nSPS) is 16.3. The van der Waals surface area contributed by atoms with Crippen molar-refractivity contribution >= 4 is 6.08 Å². The molecule has 2 rings (SSSR count). The Kier molecular flexibility index (Phi) is 8.78. The van der Waals surface area contributed by atoms with Crippen LogP contribution in [0.2, 0.25) is 0 Å². The molecule has 1 unspecified atom stereocenters. The van der Waals surface area contributed by atoms with Crippen molar-refractivity contribution in [2.24, 2.45) is 0 Å². The fraction of sp³-hybridized carbons (Fsp3) is 0.111. The van der Waals surface area contributed by atoms with Crippen molar-refractivity contribution in [2.75, 3.05) is 0 Å². The molecule has 1 aliphatic rings. The Hall–Kier alpha value is 0.713. The maximum absolute atomic E-state index is 2.28. The van der Waals surface area contributed by atoms with Crippen molar-refractivity contribution in [1.29, 1.82) is 0 Å². The topological polar surface area (TPSA) is 0 Å². The zero-order chi connectivity index (χ0) is 6.97. The Balaban J connectivity index is 0. The van der Waals surface area contributed by atoms with E-state index in [1.165, 1.54) is 11.1 Å². The van der Waals surface area contributed by atoms with Crippen molar-refractivity contribution in [3.63, 3.8) is 0 Å². The van der Waals surface area contributed by atoms with E-state index in [0.717, 1.165) is 0 Å². The molecule has 1 aromatic rings. The molecule has 0 saturated carbocycles. The second kappa shape index (κ2) is 7.06. The van der Waals surface area contributed by atoms with Gasteiger partial charge >= 0.3 is 75.9 Å². The molecule has 13 heavy (non-hydrogen) atoms. The summed E-state index contributed by atoms with van der Waals surface area (Å²) in [4.78, 5) is 0. The van der Waals surface area contributed by atoms with Gasteiger partial charge in [0.25, 0.3) is 0 Å². The van der Waals surface area contributed by atoms with Gasteiger partial charge in [0.1, 0.15) is 0 Å². The van der Waals surface area contributed by atoms with Crippen LogP contribution in [-0.4, -0.2) is 0 Å². The van der Waals surface area contributed by atoms with Crippen LogP contribution in [-0.2, 0) is 24.7 Å². The predicted molar refractivity (Wildman–Crippen MR) is 38.2 cm³/mol. The molecule has 1 atom stereocenters. The molecule has 1 aliphatic carbocycles. The van der Waals surface area contributed by atoms with Crippen LogP contribution in [0.5, 0.6) is 0 Å². The van der Waals surface area contributed by atoms with Gasteiger partial charge in [-0.05, 0) is 0 Å². The molecule has 0 bridgehead atoms. The molecule has 0 aliphatic heterocycles. The van der Waals surface area contributed by atoms with Gasteiger partial charge < -0.3 is 37.2 Å². The number of allylic oxidation sites excluding steroid dienone is 1. The molecule has 68 valence electrons. The number of benzene rings is 1. The summed E-state index contributed by atoms with van der Waals surface area (Å²) in [6.07, 6.45) is 4.50. The zero-order valence-electron chi connectivity index (χ0n) is 6.68. The van der Waals surface area contributed by atoms with E-state index in [9.17, 15) is 0 Å². The molecule has 1 aromatic carbocycles. The fourth-order valence-corrected chi connectivity index (χ4v) is 2.13. The van der Waals surface area contributed by atoms with Crippen molar-refractivity contribution in [3.8, 4) is 0 Å². The second-order valence-electron chi connectivity index (χ2n) is 2.47. The van der Waals surface area contributed by atoms with Gasteiger partial charge in [-0.1, -0.05) is 0 Å². The Labute approximate surface area is 112 Å². The van der Waals surface area contributed by atoms with Crippen LogP contribution in [0.4, 0.5) is 0 Å². The number of rotatable bonds is 0. The van der Waals surface area contributed by atoms with Gasteiger partial charge in [0, 0.05) is 0 Å². The maximum atomic E-state index is 2.28. The van der Waals surface area contributed by atoms with Gasteiger partial charge in [0.2, 0.25) is 0 Å². The van der Waals surface area contributed by atoms with E-state index in [0.29, 0.717) is 3.63 Å². The number of hydrogen-bond donors (Lipinski definition) is 0. The SMILES string of the molecule is [Cl-].[Cl-].[Cl-].[Zr+3][CH]1C=Cc2ccccc21. The molecular formula is C9H7Cl3Zr. The first-order valence-corrected chi connectivity index (χ1v) is 4.78. The van der Waals surface area contributed by atoms with Crippen LogP contribution < -0.4 is 37.2 Å². The van der Waals surface area contributed by atoms with Crippen LogP contribution in [0.15, 0.2) is 30.3 Å². The minimum absolute atomic E-state index is 0. The van der Waals surface area contributed by atoms with Gasteiger partial charge in [-0.15, -0.1) is 0 Å². The molecule has 0 aromatic heterocycles. The van der Waals surface area contributed by atoms with Crippen molar-refractivity contribution in [1.82, 2.24) is 0 Å². The summed E-state index contributed by atoms with van der Waals surface area (Å²) in [6, 6.07) is 8.60. The van der Waals surface area contributed by atoms with Crippen LogP contribution >= 0.6 is 0 Å². The molecule has 0 saturated heterocycles. The molecule has 0 amide bonds. The van der Waals surface area contributed by atoms with Crippen LogP contribution in [0, 0.1) is 0 Å². The molecule has 0 nitrogen and oxygen atoms in total. The second-order valence-corrected chi connectivity index (χ2v) is 3.99. The summed E-state index contributed by atoms with van der Waals surface area (Å²) >= 11 is 1.59. The van der Waals surface area contributed by atoms with Crippen molar-refractivity contribution in [3.05, 3.63) is 41.5 Å². The Bertz CT molecular complexity index is 286. The Morgan fingerprint density at radius 3 is 2.23 bits per heavy atom. The zero-order valence-corrected chi connectivity index (χ0v) is 11.4. The predicted octanol–water partition coefficient (Wildman–Crippen LogP) is -6.69. The average molecular weight is 313 g/mol. The fourth-order valence-electron chi connectivity index (χ4n) is 1.25. The molecular weight excluding hydrogens is 306 g/mol. The van der Waals surface area contributed by atoms with Gasteiger partial charge in [-0.3, -0.25) is 0 Å². The molecule has 0 radical (unpaired) electrons. The van der Waals surface area contributed by atoms with Crippen molar-refractivity contribution in [2.45, 2.75) is 3.63 Å². The van der Waals surface area contributed by atoms with E-state index in [4.69, 9.17) is 0 Å². The van der Waals surface area contributed by atoms with E-state index < -0.39 is 0 Å². The molecule has 0 heterocycles. The van der Waals surface area contributed by atoms with E-state index in [1.54, 1.807) is 24.7 Å². The Morgan fingerprint density at radius 1 is 1.00 bits per heavy atom. The Morgan fingerprint density at radius 2 is 1.62 bits per heavy atom. The third-order valence-corrected chi connectivity index (χ3v) is 3.04. The minimum atomic E-state index is 0. The van der Waals surface area contributed by atoms with Crippen LogP contribution in [0.25, 0.3) is 6.08 Å². The van der Waals surface area contributed by atoms with E-state index in [-0.39, 0.29) is 37.2 Å². The average Bonchev–Trinajstić information content (AvgIpc) is 2.34. The number of halogens is 3. The standard InChI is InChI=1S/C9H7.3ClH.Zr/c1-2-5-9-7-3-6-8(9)4-1;;;;/h1-7H;3*1H;/q;;;;+3/p-3. The number of fused-ring (bicyclic) bond motifs is 1. The molecule has 0 spiro atoms. The van der Waals surface area contributed by atoms with Crippen LogP contribution in [0.3, 0.4) is 0 Å². The molecule has 4 heteroatoms. The van der Waals surface area contributed by atoms with Gasteiger partial charge in [-0.2, -0.15) is 0 Å². The van der Waals surface area contributed by atoms with Gasteiger partial charge in [0.15, 0.2) is 0 Å². The first kappa shape index (κ1) is 16.2. The first-order valence-electron chi connectivity index (χ1n) is 3.36. The summed E-state index contributed by atoms with van der Waals surface area (Å²) in [5, 5.41) is 0. The summed E-state index contributed by atoms with van der Waals surface area (Å²) < 4.78 is 0.711. The van der Waals surface area contributed by atoms with Gasteiger partial charge in [0.05, 0.1) is 0 Å². The summed E-state index contributed by atoms with van der Waals surface area (Å²) in [5.74, 6) is 0. The van der Waals surface area contributed by atoms with E-state index in [1.807, 2.05) is 0 Å². The monoisotopic (exact) mass is 310 g/mol. The van der Waals surface area contributed by atoms with E-state index in [2.05, 4.69) is 36.4 Å². The van der Waals surface area contributed by atoms with Gasteiger partial charge in [-0.25, -0.2) is 0 Å². The summed E-state index contributed by atoms with van der Waals surface area (Å²) in [6.45, 7) is 0. The van der Waals surface area contributed by atoms with E-state index >= 15 is 0 Å². The first-order chi connectivity index (χ1) is 4.88. The van der Waals surface area contributed by atoms with Crippen molar-refractivity contribution < 1.29 is 61.9 Å². The molecule has 0 N–H and O–H groups in total. The molecule has 0 fully saturated rings. The summed E-state index contributed by atoms with van der Waals surface area (Å²) in [5.41, 5.74) is 2.91. The number of hydrogen-bond acceptors (Lipinski definition) is 0. The quantitative estimate of drug-likeness (QED) is 0.447.